The molecule has 0 saturated carbocycles. The molecule has 4 rings (SSSR count). The van der Waals surface area contributed by atoms with Crippen molar-refractivity contribution < 1.29 is 23.8 Å². The molecule has 1 atom stereocenters. The molecule has 1 amide bonds. The van der Waals surface area contributed by atoms with Gasteiger partial charge in [0, 0.05) is 25.0 Å². The lowest BCUT2D eigenvalue weighted by Gasteiger charge is -2.30. The number of hydrogen-bond acceptors (Lipinski definition) is 9. The number of ether oxygens (including phenoxy) is 3. The molecule has 0 unspecified atom stereocenters. The standard InChI is InChI=1S/C24H24N4O5S/c1-5-31-20-13-16(11-12-19(20)32-15(4)30)23-28(14(3)29)18-10-8-7-9-17(18)21-22(33-23)25-24(27-26-21)34-6-2/h7-13,23H,5-6H2,1-4H3/t23-/m0/s1. The van der Waals surface area contributed by atoms with Gasteiger partial charge in [-0.25, -0.2) is 0 Å². The topological polar surface area (TPSA) is 104 Å². The first-order valence-electron chi connectivity index (χ1n) is 10.8. The number of benzene rings is 2. The molecule has 0 N–H and O–H groups in total. The van der Waals surface area contributed by atoms with Crippen LogP contribution >= 0.6 is 11.8 Å². The van der Waals surface area contributed by atoms with Crippen LogP contribution in [0.25, 0.3) is 11.3 Å². The first kappa shape index (κ1) is 23.5. The summed E-state index contributed by atoms with van der Waals surface area (Å²) in [5.74, 6) is 1.000. The fourth-order valence-electron chi connectivity index (χ4n) is 3.65. The zero-order valence-electron chi connectivity index (χ0n) is 19.3. The Hall–Kier alpha value is -3.66. The number of carbonyl (C=O) groups excluding carboxylic acids is 2. The number of anilines is 1. The molecule has 10 heteroatoms. The summed E-state index contributed by atoms with van der Waals surface area (Å²) in [4.78, 5) is 30.6. The van der Waals surface area contributed by atoms with Gasteiger partial charge in [-0.15, -0.1) is 10.2 Å². The highest BCUT2D eigenvalue weighted by Crippen LogP contribution is 2.44. The number of esters is 1. The Morgan fingerprint density at radius 1 is 1.09 bits per heavy atom. The lowest BCUT2D eigenvalue weighted by Crippen LogP contribution is -2.36. The summed E-state index contributed by atoms with van der Waals surface area (Å²) in [6.07, 6.45) is -0.873. The van der Waals surface area contributed by atoms with Crippen LogP contribution in [0.15, 0.2) is 47.6 Å². The summed E-state index contributed by atoms with van der Waals surface area (Å²) in [7, 11) is 0. The van der Waals surface area contributed by atoms with E-state index in [-0.39, 0.29) is 17.5 Å². The Kier molecular flexibility index (Phi) is 6.97. The van der Waals surface area contributed by atoms with E-state index in [0.717, 1.165) is 5.75 Å². The summed E-state index contributed by atoms with van der Waals surface area (Å²) in [6, 6.07) is 12.4. The van der Waals surface area contributed by atoms with E-state index in [1.807, 2.05) is 38.1 Å². The monoisotopic (exact) mass is 480 g/mol. The third kappa shape index (κ3) is 4.67. The van der Waals surface area contributed by atoms with Crippen molar-refractivity contribution in [3.63, 3.8) is 0 Å². The Bertz CT molecular complexity index is 1240. The maximum atomic E-state index is 12.9. The van der Waals surface area contributed by atoms with E-state index in [0.29, 0.717) is 40.0 Å². The normalized spacial score (nSPS) is 14.4. The van der Waals surface area contributed by atoms with Gasteiger partial charge in [0.15, 0.2) is 17.2 Å². The van der Waals surface area contributed by atoms with E-state index >= 15 is 0 Å². The van der Waals surface area contributed by atoms with Crippen molar-refractivity contribution in [3.05, 3.63) is 48.0 Å². The molecule has 0 saturated heterocycles. The van der Waals surface area contributed by atoms with E-state index in [9.17, 15) is 9.59 Å². The quantitative estimate of drug-likeness (QED) is 0.288. The summed E-state index contributed by atoms with van der Waals surface area (Å²) in [5.41, 5.74) is 2.37. The van der Waals surface area contributed by atoms with Crippen molar-refractivity contribution in [1.29, 1.82) is 0 Å². The molecule has 9 nitrogen and oxygen atoms in total. The SMILES string of the molecule is CCOc1cc([C@@H]2Oc3nc(SCC)nnc3-c3ccccc3N2C(C)=O)ccc1OC(C)=O. The number of thioether (sulfide) groups is 1. The number of hydrogen-bond donors (Lipinski definition) is 0. The van der Waals surface area contributed by atoms with Gasteiger partial charge >= 0.3 is 5.97 Å². The van der Waals surface area contributed by atoms with Gasteiger partial charge in [-0.3, -0.25) is 14.5 Å². The maximum Gasteiger partial charge on any atom is 0.308 e. The number of fused-ring (bicyclic) bond motifs is 3. The van der Waals surface area contributed by atoms with Gasteiger partial charge in [0.05, 0.1) is 12.3 Å². The van der Waals surface area contributed by atoms with Crippen molar-refractivity contribution >= 4 is 29.3 Å². The number of rotatable bonds is 6. The Morgan fingerprint density at radius 3 is 2.59 bits per heavy atom. The van der Waals surface area contributed by atoms with Gasteiger partial charge < -0.3 is 14.2 Å². The second kappa shape index (κ2) is 10.1. The van der Waals surface area contributed by atoms with Gasteiger partial charge in [-0.1, -0.05) is 36.9 Å². The van der Waals surface area contributed by atoms with Crippen LogP contribution in [-0.2, 0) is 9.59 Å². The number of aromatic nitrogens is 3. The van der Waals surface area contributed by atoms with Crippen molar-refractivity contribution in [2.24, 2.45) is 0 Å². The molecule has 1 aliphatic heterocycles. The minimum absolute atomic E-state index is 0.233. The zero-order chi connectivity index (χ0) is 24.2. The van der Waals surface area contributed by atoms with Crippen LogP contribution < -0.4 is 19.1 Å². The van der Waals surface area contributed by atoms with Crippen molar-refractivity contribution in [2.75, 3.05) is 17.3 Å². The van der Waals surface area contributed by atoms with Gasteiger partial charge in [-0.2, -0.15) is 4.98 Å². The predicted octanol–water partition coefficient (Wildman–Crippen LogP) is 4.42. The molecule has 2 heterocycles. The smallest absolute Gasteiger partial charge is 0.308 e. The highest BCUT2D eigenvalue weighted by Gasteiger charge is 2.35. The van der Waals surface area contributed by atoms with Gasteiger partial charge in [-0.05, 0) is 36.9 Å². The molecule has 1 aliphatic rings. The molecule has 2 aromatic carbocycles. The number of nitrogens with zero attached hydrogens (tertiary/aromatic N) is 4. The Labute approximate surface area is 201 Å². The molecule has 0 fully saturated rings. The molecular weight excluding hydrogens is 456 g/mol. The molecule has 0 bridgehead atoms. The fourth-order valence-corrected chi connectivity index (χ4v) is 4.15. The zero-order valence-corrected chi connectivity index (χ0v) is 20.1. The van der Waals surface area contributed by atoms with E-state index in [2.05, 4.69) is 15.2 Å². The minimum atomic E-state index is -0.873. The Morgan fingerprint density at radius 2 is 1.88 bits per heavy atom. The highest BCUT2D eigenvalue weighted by molar-refractivity contribution is 7.99. The van der Waals surface area contributed by atoms with Crippen molar-refractivity contribution in [1.82, 2.24) is 15.2 Å². The molecule has 34 heavy (non-hydrogen) atoms. The second-order valence-corrected chi connectivity index (χ2v) is 8.52. The fraction of sp³-hybridized carbons (Fsp3) is 0.292. The van der Waals surface area contributed by atoms with E-state index < -0.39 is 12.2 Å². The average molecular weight is 481 g/mol. The van der Waals surface area contributed by atoms with E-state index in [1.165, 1.54) is 25.6 Å². The maximum absolute atomic E-state index is 12.9. The largest absolute Gasteiger partial charge is 0.490 e. The summed E-state index contributed by atoms with van der Waals surface area (Å²) >= 11 is 1.44. The minimum Gasteiger partial charge on any atom is -0.490 e. The van der Waals surface area contributed by atoms with Crippen LogP contribution in [0.5, 0.6) is 17.4 Å². The molecular formula is C24H24N4O5S. The second-order valence-electron chi connectivity index (χ2n) is 7.29. The van der Waals surface area contributed by atoms with Crippen molar-refractivity contribution in [3.8, 4) is 28.6 Å². The number of carbonyl (C=O) groups is 2. The lowest BCUT2D eigenvalue weighted by atomic mass is 10.1. The third-order valence-electron chi connectivity index (χ3n) is 4.93. The van der Waals surface area contributed by atoms with Crippen molar-refractivity contribution in [2.45, 2.75) is 39.1 Å². The summed E-state index contributed by atoms with van der Waals surface area (Å²) < 4.78 is 17.3. The van der Waals surface area contributed by atoms with Crippen LogP contribution in [0.1, 0.15) is 39.5 Å². The van der Waals surface area contributed by atoms with Crippen LogP contribution in [0.3, 0.4) is 0 Å². The third-order valence-corrected chi connectivity index (χ3v) is 5.65. The highest BCUT2D eigenvalue weighted by atomic mass is 32.2. The van der Waals surface area contributed by atoms with E-state index in [4.69, 9.17) is 14.2 Å². The molecule has 3 aromatic rings. The number of amides is 1. The lowest BCUT2D eigenvalue weighted by molar-refractivity contribution is -0.132. The first-order valence-corrected chi connectivity index (χ1v) is 11.8. The first-order chi connectivity index (χ1) is 16.4. The van der Waals surface area contributed by atoms with Crippen LogP contribution in [0.2, 0.25) is 0 Å². The molecule has 0 spiro atoms. The van der Waals surface area contributed by atoms with Crippen LogP contribution in [0, 0.1) is 0 Å². The molecule has 1 aromatic heterocycles. The molecule has 0 aliphatic carbocycles. The van der Waals surface area contributed by atoms with Gasteiger partial charge in [0.1, 0.15) is 0 Å². The average Bonchev–Trinajstić information content (AvgIpc) is 2.94. The van der Waals surface area contributed by atoms with Crippen LogP contribution in [0.4, 0.5) is 5.69 Å². The predicted molar refractivity (Wildman–Crippen MR) is 127 cm³/mol. The van der Waals surface area contributed by atoms with Gasteiger partial charge in [0.25, 0.3) is 0 Å². The number of para-hydroxylation sites is 1. The Balaban J connectivity index is 1.89. The molecule has 0 radical (unpaired) electrons. The molecule has 176 valence electrons. The van der Waals surface area contributed by atoms with Crippen LogP contribution in [-0.4, -0.2) is 39.4 Å². The van der Waals surface area contributed by atoms with E-state index in [1.54, 1.807) is 23.1 Å². The van der Waals surface area contributed by atoms with Gasteiger partial charge in [0.2, 0.25) is 23.2 Å². The summed E-state index contributed by atoms with van der Waals surface area (Å²) in [6.45, 7) is 6.98. The summed E-state index contributed by atoms with van der Waals surface area (Å²) in [5, 5.41) is 9.07.